The van der Waals surface area contributed by atoms with Gasteiger partial charge in [0.15, 0.2) is 0 Å². The highest BCUT2D eigenvalue weighted by atomic mass is 16.5. The molecule has 1 atom stereocenters. The molecule has 6 heteroatoms. The summed E-state index contributed by atoms with van der Waals surface area (Å²) in [5.74, 6) is 0.164. The first kappa shape index (κ1) is 16.5. The van der Waals surface area contributed by atoms with Crippen molar-refractivity contribution in [2.24, 2.45) is 13.0 Å². The zero-order chi connectivity index (χ0) is 16.4. The molecular weight excluding hydrogens is 292 g/mol. The Bertz CT molecular complexity index is 547. The Hall–Kier alpha value is -1.40. The van der Waals surface area contributed by atoms with Crippen LogP contribution in [-0.4, -0.2) is 51.9 Å². The highest BCUT2D eigenvalue weighted by molar-refractivity contribution is 5.78. The number of hydrogen-bond donors (Lipinski definition) is 1. The van der Waals surface area contributed by atoms with Gasteiger partial charge in [0, 0.05) is 44.4 Å². The molecule has 2 aliphatic rings. The summed E-state index contributed by atoms with van der Waals surface area (Å²) in [7, 11) is 1.95. The molecule has 0 saturated carbocycles. The Morgan fingerprint density at radius 3 is 2.83 bits per heavy atom. The summed E-state index contributed by atoms with van der Waals surface area (Å²) in [5.41, 5.74) is 1.23. The highest BCUT2D eigenvalue weighted by Gasteiger charge is 2.43. The van der Waals surface area contributed by atoms with E-state index >= 15 is 0 Å². The molecule has 23 heavy (non-hydrogen) atoms. The van der Waals surface area contributed by atoms with Gasteiger partial charge in [0.2, 0.25) is 5.91 Å². The number of likely N-dealkylation sites (tertiary alicyclic amines) is 1. The van der Waals surface area contributed by atoms with E-state index in [1.165, 1.54) is 5.56 Å². The van der Waals surface area contributed by atoms with Crippen LogP contribution >= 0.6 is 0 Å². The first-order chi connectivity index (χ1) is 11.0. The summed E-state index contributed by atoms with van der Waals surface area (Å²) in [6.45, 7) is 7.55. The summed E-state index contributed by atoms with van der Waals surface area (Å²) >= 11 is 0. The molecule has 1 amide bonds. The summed E-state index contributed by atoms with van der Waals surface area (Å²) in [6.07, 6.45) is 7.05. The molecule has 0 aromatic carbocycles. The number of hydrogen-bond acceptors (Lipinski definition) is 4. The van der Waals surface area contributed by atoms with E-state index in [0.717, 1.165) is 38.9 Å². The molecular formula is C17H28N4O2. The number of ether oxygens (including phenoxy) is 1. The van der Waals surface area contributed by atoms with E-state index in [-0.39, 0.29) is 23.5 Å². The number of carbonyl (C=O) groups is 1. The second kappa shape index (κ2) is 6.61. The van der Waals surface area contributed by atoms with Gasteiger partial charge < -0.3 is 10.1 Å². The Morgan fingerprint density at radius 2 is 2.22 bits per heavy atom. The Balaban J connectivity index is 1.48. The maximum Gasteiger partial charge on any atom is 0.222 e. The van der Waals surface area contributed by atoms with E-state index in [2.05, 4.69) is 21.5 Å². The van der Waals surface area contributed by atoms with E-state index in [1.54, 1.807) is 0 Å². The third-order valence-electron chi connectivity index (χ3n) is 5.01. The van der Waals surface area contributed by atoms with Crippen molar-refractivity contribution in [3.63, 3.8) is 0 Å². The van der Waals surface area contributed by atoms with Crippen molar-refractivity contribution in [2.45, 2.75) is 51.3 Å². The average Bonchev–Trinajstić information content (AvgIpc) is 3.09. The standard InChI is InChI=1S/C17H28N4O2/c1-13(2)16(22)19-15-8-17(23-12-15)4-6-21(7-5-17)11-14-9-18-20(3)10-14/h9-10,13,15H,4-8,11-12H2,1-3H3,(H,19,22). The lowest BCUT2D eigenvalue weighted by Gasteiger charge is -2.38. The topological polar surface area (TPSA) is 59.4 Å². The molecule has 1 aromatic rings. The van der Waals surface area contributed by atoms with Gasteiger partial charge in [0.1, 0.15) is 0 Å². The number of carbonyl (C=O) groups excluding carboxylic acids is 1. The van der Waals surface area contributed by atoms with E-state index in [4.69, 9.17) is 4.74 Å². The minimum absolute atomic E-state index is 0.0274. The van der Waals surface area contributed by atoms with Crippen LogP contribution in [0, 0.1) is 5.92 Å². The molecule has 128 valence electrons. The minimum Gasteiger partial charge on any atom is -0.373 e. The lowest BCUT2D eigenvalue weighted by Crippen LogP contribution is -2.45. The molecule has 3 rings (SSSR count). The van der Waals surface area contributed by atoms with Crippen LogP contribution in [0.5, 0.6) is 0 Å². The molecule has 0 aliphatic carbocycles. The van der Waals surface area contributed by atoms with Crippen LogP contribution in [0.2, 0.25) is 0 Å². The summed E-state index contributed by atoms with van der Waals surface area (Å²) in [4.78, 5) is 14.3. The van der Waals surface area contributed by atoms with Gasteiger partial charge >= 0.3 is 0 Å². The molecule has 2 saturated heterocycles. The van der Waals surface area contributed by atoms with Crippen LogP contribution in [0.25, 0.3) is 0 Å². The lowest BCUT2D eigenvalue weighted by molar-refractivity contribution is -0.124. The van der Waals surface area contributed by atoms with Gasteiger partial charge in [-0.1, -0.05) is 13.8 Å². The smallest absolute Gasteiger partial charge is 0.222 e. The normalized spacial score (nSPS) is 24.4. The first-order valence-corrected chi connectivity index (χ1v) is 8.60. The van der Waals surface area contributed by atoms with E-state index in [1.807, 2.05) is 31.8 Å². The second-order valence-corrected chi connectivity index (χ2v) is 7.36. The fraction of sp³-hybridized carbons (Fsp3) is 0.765. The monoisotopic (exact) mass is 320 g/mol. The summed E-state index contributed by atoms with van der Waals surface area (Å²) in [5, 5.41) is 7.34. The summed E-state index contributed by atoms with van der Waals surface area (Å²) in [6, 6.07) is 0.176. The number of aromatic nitrogens is 2. The third kappa shape index (κ3) is 3.93. The fourth-order valence-corrected chi connectivity index (χ4v) is 3.58. The third-order valence-corrected chi connectivity index (χ3v) is 5.01. The van der Waals surface area contributed by atoms with Crippen molar-refractivity contribution in [1.82, 2.24) is 20.0 Å². The molecule has 0 bridgehead atoms. The minimum atomic E-state index is -0.0274. The predicted octanol–water partition coefficient (Wildman–Crippen LogP) is 1.32. The quantitative estimate of drug-likeness (QED) is 0.909. The Labute approximate surface area is 138 Å². The molecule has 3 heterocycles. The van der Waals surface area contributed by atoms with E-state index in [0.29, 0.717) is 6.61 Å². The largest absolute Gasteiger partial charge is 0.373 e. The lowest BCUT2D eigenvalue weighted by atomic mass is 9.87. The van der Waals surface area contributed by atoms with Crippen LogP contribution in [-0.2, 0) is 23.1 Å². The maximum absolute atomic E-state index is 11.8. The molecule has 1 unspecified atom stereocenters. The molecule has 2 aliphatic heterocycles. The van der Waals surface area contributed by atoms with Crippen LogP contribution in [0.3, 0.4) is 0 Å². The molecule has 6 nitrogen and oxygen atoms in total. The number of aryl methyl sites for hydroxylation is 1. The predicted molar refractivity (Wildman–Crippen MR) is 87.8 cm³/mol. The Morgan fingerprint density at radius 1 is 1.48 bits per heavy atom. The van der Waals surface area contributed by atoms with Gasteiger partial charge in [0.25, 0.3) is 0 Å². The molecule has 1 spiro atoms. The van der Waals surface area contributed by atoms with Gasteiger partial charge in [-0.2, -0.15) is 5.10 Å². The van der Waals surface area contributed by atoms with Crippen molar-refractivity contribution >= 4 is 5.91 Å². The zero-order valence-corrected chi connectivity index (χ0v) is 14.4. The van der Waals surface area contributed by atoms with Crippen molar-refractivity contribution in [1.29, 1.82) is 0 Å². The number of rotatable bonds is 4. The van der Waals surface area contributed by atoms with Crippen LogP contribution in [0.4, 0.5) is 0 Å². The average molecular weight is 320 g/mol. The van der Waals surface area contributed by atoms with E-state index in [9.17, 15) is 4.79 Å². The summed E-state index contributed by atoms with van der Waals surface area (Å²) < 4.78 is 7.97. The van der Waals surface area contributed by atoms with Gasteiger partial charge in [-0.25, -0.2) is 0 Å². The molecule has 1 N–H and O–H groups in total. The van der Waals surface area contributed by atoms with Gasteiger partial charge in [-0.05, 0) is 19.3 Å². The molecule has 1 aromatic heterocycles. The number of nitrogens with one attached hydrogen (secondary N) is 1. The van der Waals surface area contributed by atoms with Crippen molar-refractivity contribution in [3.05, 3.63) is 18.0 Å². The van der Waals surface area contributed by atoms with Crippen molar-refractivity contribution in [3.8, 4) is 0 Å². The zero-order valence-electron chi connectivity index (χ0n) is 14.4. The first-order valence-electron chi connectivity index (χ1n) is 8.60. The van der Waals surface area contributed by atoms with Gasteiger partial charge in [0.05, 0.1) is 24.4 Å². The highest BCUT2D eigenvalue weighted by Crippen LogP contribution is 2.36. The molecule has 2 fully saturated rings. The van der Waals surface area contributed by atoms with Crippen molar-refractivity contribution in [2.75, 3.05) is 19.7 Å². The van der Waals surface area contributed by atoms with Gasteiger partial charge in [-0.15, -0.1) is 0 Å². The van der Waals surface area contributed by atoms with Crippen LogP contribution in [0.15, 0.2) is 12.4 Å². The molecule has 0 radical (unpaired) electrons. The SMILES string of the molecule is CC(C)C(=O)NC1COC2(CCN(Cc3cnn(C)c3)CC2)C1. The van der Waals surface area contributed by atoms with Crippen molar-refractivity contribution < 1.29 is 9.53 Å². The van der Waals surface area contributed by atoms with Crippen LogP contribution < -0.4 is 5.32 Å². The maximum atomic E-state index is 11.8. The second-order valence-electron chi connectivity index (χ2n) is 7.36. The number of nitrogens with zero attached hydrogens (tertiary/aromatic N) is 3. The number of piperidine rings is 1. The van der Waals surface area contributed by atoms with E-state index < -0.39 is 0 Å². The number of amides is 1. The fourth-order valence-electron chi connectivity index (χ4n) is 3.58. The Kier molecular flexibility index (Phi) is 4.73. The van der Waals surface area contributed by atoms with Gasteiger partial charge in [-0.3, -0.25) is 14.4 Å². The van der Waals surface area contributed by atoms with Crippen LogP contribution in [0.1, 0.15) is 38.7 Å².